The van der Waals surface area contributed by atoms with Crippen LogP contribution < -0.4 is 4.90 Å². The Morgan fingerprint density at radius 2 is 2.11 bits per heavy atom. The van der Waals surface area contributed by atoms with Crippen molar-refractivity contribution < 1.29 is 13.2 Å². The monoisotopic (exact) mass is 337 g/mol. The zero-order valence-electron chi connectivity index (χ0n) is 10.3. The molecule has 1 aliphatic rings. The summed E-state index contributed by atoms with van der Waals surface area (Å²) in [5, 5.41) is 7.93. The van der Waals surface area contributed by atoms with Gasteiger partial charge in [0.25, 0.3) is 0 Å². The summed E-state index contributed by atoms with van der Waals surface area (Å²) in [6, 6.07) is 2.41. The van der Waals surface area contributed by atoms with Crippen molar-refractivity contribution in [3.63, 3.8) is 0 Å². The average Bonchev–Trinajstić information content (AvgIpc) is 2.39. The summed E-state index contributed by atoms with van der Waals surface area (Å²) >= 11 is 3.42. The second-order valence-electron chi connectivity index (χ2n) is 4.71. The molecular formula is C12H15BrF3N3. The summed E-state index contributed by atoms with van der Waals surface area (Å²) in [5.74, 6) is 1.10. The summed E-state index contributed by atoms with van der Waals surface area (Å²) in [6.07, 6.45) is -1.15. The molecule has 2 heterocycles. The van der Waals surface area contributed by atoms with E-state index in [0.717, 1.165) is 43.7 Å². The lowest BCUT2D eigenvalue weighted by atomic mass is 9.96. The van der Waals surface area contributed by atoms with Crippen molar-refractivity contribution in [2.45, 2.75) is 25.4 Å². The standard InChI is InChI=1S/C12H15BrF3N3/c13-6-5-9-2-1-7-19(8-9)11-4-3-10(17-18-11)12(14,15)16/h3-4,9H,1-2,5-8H2. The number of hydrogen-bond donors (Lipinski definition) is 0. The van der Waals surface area contributed by atoms with Gasteiger partial charge in [0, 0.05) is 18.4 Å². The van der Waals surface area contributed by atoms with Crippen LogP contribution in [0, 0.1) is 5.92 Å². The molecule has 0 N–H and O–H groups in total. The number of nitrogens with zero attached hydrogens (tertiary/aromatic N) is 3. The maximum Gasteiger partial charge on any atom is 0.435 e. The van der Waals surface area contributed by atoms with E-state index in [1.807, 2.05) is 4.90 Å². The van der Waals surface area contributed by atoms with Gasteiger partial charge in [0.05, 0.1) is 0 Å². The molecule has 0 saturated carbocycles. The molecule has 1 atom stereocenters. The first-order valence-electron chi connectivity index (χ1n) is 6.22. The van der Waals surface area contributed by atoms with Crippen LogP contribution in [0.25, 0.3) is 0 Å². The first-order valence-corrected chi connectivity index (χ1v) is 7.34. The van der Waals surface area contributed by atoms with Crippen molar-refractivity contribution in [3.05, 3.63) is 17.8 Å². The van der Waals surface area contributed by atoms with Crippen molar-refractivity contribution in [2.24, 2.45) is 5.92 Å². The molecule has 0 amide bonds. The smallest absolute Gasteiger partial charge is 0.355 e. The van der Waals surface area contributed by atoms with Crippen LogP contribution in [0.4, 0.5) is 19.0 Å². The second kappa shape index (κ2) is 6.07. The zero-order valence-corrected chi connectivity index (χ0v) is 11.9. The van der Waals surface area contributed by atoms with E-state index in [4.69, 9.17) is 0 Å². The number of piperidine rings is 1. The van der Waals surface area contributed by atoms with Crippen LogP contribution in [0.5, 0.6) is 0 Å². The number of anilines is 1. The first-order chi connectivity index (χ1) is 9.00. The number of halogens is 4. The highest BCUT2D eigenvalue weighted by atomic mass is 79.9. The average molecular weight is 338 g/mol. The lowest BCUT2D eigenvalue weighted by Crippen LogP contribution is -2.36. The molecule has 106 valence electrons. The molecule has 19 heavy (non-hydrogen) atoms. The third-order valence-corrected chi connectivity index (χ3v) is 3.76. The molecule has 2 rings (SSSR count). The highest BCUT2D eigenvalue weighted by molar-refractivity contribution is 9.09. The summed E-state index contributed by atoms with van der Waals surface area (Å²) in [6.45, 7) is 1.67. The normalized spacial score (nSPS) is 20.6. The zero-order chi connectivity index (χ0) is 13.9. The van der Waals surface area contributed by atoms with Gasteiger partial charge in [-0.3, -0.25) is 0 Å². The van der Waals surface area contributed by atoms with E-state index in [9.17, 15) is 13.2 Å². The highest BCUT2D eigenvalue weighted by Gasteiger charge is 2.33. The molecule has 1 fully saturated rings. The molecule has 1 saturated heterocycles. The van der Waals surface area contributed by atoms with Crippen LogP contribution in [0.2, 0.25) is 0 Å². The molecule has 1 aliphatic heterocycles. The van der Waals surface area contributed by atoms with E-state index in [0.29, 0.717) is 11.7 Å². The molecule has 1 unspecified atom stereocenters. The van der Waals surface area contributed by atoms with Crippen molar-refractivity contribution in [1.82, 2.24) is 10.2 Å². The molecule has 0 aliphatic carbocycles. The quantitative estimate of drug-likeness (QED) is 0.790. The van der Waals surface area contributed by atoms with Gasteiger partial charge < -0.3 is 4.90 Å². The largest absolute Gasteiger partial charge is 0.435 e. The fourth-order valence-electron chi connectivity index (χ4n) is 2.31. The van der Waals surface area contributed by atoms with E-state index in [-0.39, 0.29) is 0 Å². The van der Waals surface area contributed by atoms with Gasteiger partial charge in [0.2, 0.25) is 0 Å². The van der Waals surface area contributed by atoms with Crippen molar-refractivity contribution in [3.8, 4) is 0 Å². The molecule has 1 aromatic heterocycles. The van der Waals surface area contributed by atoms with Gasteiger partial charge in [-0.2, -0.15) is 13.2 Å². The Balaban J connectivity index is 2.05. The Hall–Kier alpha value is -0.850. The molecule has 7 heteroatoms. The lowest BCUT2D eigenvalue weighted by Gasteiger charge is -2.33. The first kappa shape index (κ1) is 14.6. The molecule has 0 bridgehead atoms. The fourth-order valence-corrected chi connectivity index (χ4v) is 2.96. The summed E-state index contributed by atoms with van der Waals surface area (Å²) in [5.41, 5.74) is -0.940. The van der Waals surface area contributed by atoms with Gasteiger partial charge in [0.15, 0.2) is 11.5 Å². The predicted octanol–water partition coefficient (Wildman–Crippen LogP) is 3.50. The second-order valence-corrected chi connectivity index (χ2v) is 5.50. The Labute approximate surface area is 118 Å². The van der Waals surface area contributed by atoms with Crippen LogP contribution in [-0.4, -0.2) is 28.6 Å². The van der Waals surface area contributed by atoms with Crippen LogP contribution in [0.3, 0.4) is 0 Å². The van der Waals surface area contributed by atoms with Gasteiger partial charge >= 0.3 is 6.18 Å². The number of hydrogen-bond acceptors (Lipinski definition) is 3. The summed E-state index contributed by atoms with van der Waals surface area (Å²) in [7, 11) is 0. The lowest BCUT2D eigenvalue weighted by molar-refractivity contribution is -0.141. The Bertz CT molecular complexity index is 406. The maximum absolute atomic E-state index is 12.4. The molecular weight excluding hydrogens is 323 g/mol. The number of aromatic nitrogens is 2. The van der Waals surface area contributed by atoms with Crippen LogP contribution in [0.1, 0.15) is 25.0 Å². The van der Waals surface area contributed by atoms with Gasteiger partial charge in [-0.25, -0.2) is 0 Å². The fraction of sp³-hybridized carbons (Fsp3) is 0.667. The van der Waals surface area contributed by atoms with Crippen molar-refractivity contribution >= 4 is 21.7 Å². The minimum absolute atomic E-state index is 0.535. The van der Waals surface area contributed by atoms with Crippen LogP contribution in [0.15, 0.2) is 12.1 Å². The van der Waals surface area contributed by atoms with E-state index >= 15 is 0 Å². The molecule has 3 nitrogen and oxygen atoms in total. The Kier molecular flexibility index (Phi) is 4.65. The van der Waals surface area contributed by atoms with E-state index in [2.05, 4.69) is 26.1 Å². The van der Waals surface area contributed by atoms with E-state index in [1.165, 1.54) is 6.07 Å². The molecule has 1 aromatic rings. The minimum atomic E-state index is -4.42. The number of rotatable bonds is 3. The third kappa shape index (κ3) is 3.81. The topological polar surface area (TPSA) is 29.0 Å². The highest BCUT2D eigenvalue weighted by Crippen LogP contribution is 2.29. The number of alkyl halides is 4. The molecule has 0 spiro atoms. The van der Waals surface area contributed by atoms with Gasteiger partial charge in [-0.05, 0) is 37.3 Å². The molecule has 0 radical (unpaired) electrons. The van der Waals surface area contributed by atoms with E-state index in [1.54, 1.807) is 0 Å². The van der Waals surface area contributed by atoms with E-state index < -0.39 is 11.9 Å². The van der Waals surface area contributed by atoms with Crippen molar-refractivity contribution in [1.29, 1.82) is 0 Å². The third-order valence-electron chi connectivity index (χ3n) is 3.30. The summed E-state index contributed by atoms with van der Waals surface area (Å²) < 4.78 is 37.2. The van der Waals surface area contributed by atoms with Gasteiger partial charge in [-0.1, -0.05) is 15.9 Å². The van der Waals surface area contributed by atoms with Gasteiger partial charge in [-0.15, -0.1) is 10.2 Å². The SMILES string of the molecule is FC(F)(F)c1ccc(N2CCCC(CCBr)C2)nn1. The maximum atomic E-state index is 12.4. The molecule has 0 aromatic carbocycles. The van der Waals surface area contributed by atoms with Crippen molar-refractivity contribution in [2.75, 3.05) is 23.3 Å². The minimum Gasteiger partial charge on any atom is -0.355 e. The Morgan fingerprint density at radius 1 is 1.32 bits per heavy atom. The summed E-state index contributed by atoms with van der Waals surface area (Å²) in [4.78, 5) is 2.02. The Morgan fingerprint density at radius 3 is 2.68 bits per heavy atom. The predicted molar refractivity (Wildman–Crippen MR) is 70.4 cm³/mol. The van der Waals surface area contributed by atoms with Crippen LogP contribution >= 0.6 is 15.9 Å². The van der Waals surface area contributed by atoms with Crippen LogP contribution in [-0.2, 0) is 6.18 Å². The van der Waals surface area contributed by atoms with Gasteiger partial charge in [0.1, 0.15) is 0 Å².